The molecule has 1 aliphatic heterocycles. The minimum atomic E-state index is -0.695. The summed E-state index contributed by atoms with van der Waals surface area (Å²) in [5.41, 5.74) is 7.80. The van der Waals surface area contributed by atoms with Gasteiger partial charge in [0.25, 0.3) is 0 Å². The first-order valence-corrected chi connectivity index (χ1v) is 9.63. The summed E-state index contributed by atoms with van der Waals surface area (Å²) >= 11 is 0. The van der Waals surface area contributed by atoms with Crippen LogP contribution in [0.25, 0.3) is 0 Å². The molecule has 3 N–H and O–H groups in total. The molecule has 0 spiro atoms. The van der Waals surface area contributed by atoms with Gasteiger partial charge in [-0.3, -0.25) is 9.59 Å². The Balaban J connectivity index is 0.00000225. The highest BCUT2D eigenvalue weighted by molar-refractivity contribution is 5.86. The number of aromatic nitrogens is 2. The number of nitrogens with two attached hydrogens (primary N) is 1. The number of hydrogen-bond donors (Lipinski definition) is 2. The second-order valence-electron chi connectivity index (χ2n) is 8.42. The minimum Gasteiger partial charge on any atom is -0.350 e. The topological polar surface area (TPSA) is 93.2 Å². The molecule has 166 valence electrons. The molecule has 9 heteroatoms. The maximum Gasteiger partial charge on any atom is 0.237 e. The average molecular weight is 456 g/mol. The Bertz CT molecular complexity index is 835. The third-order valence-corrected chi connectivity index (χ3v) is 4.94. The van der Waals surface area contributed by atoms with E-state index in [1.54, 1.807) is 11.2 Å². The van der Waals surface area contributed by atoms with Crippen molar-refractivity contribution in [3.63, 3.8) is 0 Å². The lowest BCUT2D eigenvalue weighted by Gasteiger charge is -2.32. The summed E-state index contributed by atoms with van der Waals surface area (Å²) in [6.45, 7) is 7.22. The van der Waals surface area contributed by atoms with E-state index >= 15 is 0 Å². The highest BCUT2D eigenvalue weighted by Gasteiger charge is 2.37. The predicted octanol–water partition coefficient (Wildman–Crippen LogP) is 2.16. The maximum absolute atomic E-state index is 12.5. The molecule has 2 amide bonds. The maximum atomic E-state index is 12.5. The van der Waals surface area contributed by atoms with E-state index in [9.17, 15) is 9.59 Å². The molecule has 1 aliphatic rings. The second kappa shape index (κ2) is 10.8. The van der Waals surface area contributed by atoms with E-state index < -0.39 is 6.04 Å². The summed E-state index contributed by atoms with van der Waals surface area (Å²) in [7, 11) is 0. The smallest absolute Gasteiger partial charge is 0.237 e. The van der Waals surface area contributed by atoms with E-state index in [0.29, 0.717) is 19.4 Å². The number of likely N-dealkylation sites (tertiary alicyclic amines) is 1. The van der Waals surface area contributed by atoms with Gasteiger partial charge in [0.2, 0.25) is 11.8 Å². The van der Waals surface area contributed by atoms with Gasteiger partial charge in [-0.25, -0.2) is 4.98 Å². The van der Waals surface area contributed by atoms with Crippen LogP contribution in [0.1, 0.15) is 38.4 Å². The number of imidazole rings is 1. The molecule has 1 fully saturated rings. The summed E-state index contributed by atoms with van der Waals surface area (Å²) in [6, 6.07) is 9.22. The van der Waals surface area contributed by atoms with Gasteiger partial charge in [0.15, 0.2) is 0 Å². The van der Waals surface area contributed by atoms with Crippen molar-refractivity contribution in [2.24, 2.45) is 5.73 Å². The molecular weight excluding hydrogens is 425 g/mol. The lowest BCUT2D eigenvalue weighted by atomic mass is 10.1. The molecule has 30 heavy (non-hydrogen) atoms. The normalized spacial score (nSPS) is 17.1. The van der Waals surface area contributed by atoms with Crippen molar-refractivity contribution < 1.29 is 9.59 Å². The van der Waals surface area contributed by atoms with E-state index in [-0.39, 0.29) is 48.2 Å². The van der Waals surface area contributed by atoms with Crippen LogP contribution in [0.2, 0.25) is 0 Å². The van der Waals surface area contributed by atoms with Crippen LogP contribution in [0.4, 0.5) is 0 Å². The fraction of sp³-hybridized carbons (Fsp3) is 0.476. The number of benzene rings is 1. The molecular formula is C21H31Cl2N5O2. The number of halogens is 2. The van der Waals surface area contributed by atoms with Crippen LogP contribution < -0.4 is 11.1 Å². The van der Waals surface area contributed by atoms with Crippen LogP contribution in [0.5, 0.6) is 0 Å². The zero-order valence-electron chi connectivity index (χ0n) is 17.6. The first kappa shape index (κ1) is 25.9. The Labute approximate surface area is 190 Å². The summed E-state index contributed by atoms with van der Waals surface area (Å²) in [4.78, 5) is 30.8. The van der Waals surface area contributed by atoms with Crippen molar-refractivity contribution in [3.05, 3.63) is 54.1 Å². The third-order valence-electron chi connectivity index (χ3n) is 4.94. The van der Waals surface area contributed by atoms with Crippen LogP contribution >= 0.6 is 24.8 Å². The molecule has 0 radical (unpaired) electrons. The number of rotatable bonds is 6. The van der Waals surface area contributed by atoms with E-state index in [4.69, 9.17) is 5.73 Å². The molecule has 1 unspecified atom stereocenters. The average Bonchev–Trinajstić information content (AvgIpc) is 3.21. The fourth-order valence-electron chi connectivity index (χ4n) is 3.47. The number of hydrogen-bond acceptors (Lipinski definition) is 4. The van der Waals surface area contributed by atoms with Crippen molar-refractivity contribution in [2.75, 3.05) is 6.54 Å². The summed E-state index contributed by atoms with van der Waals surface area (Å²) in [5, 5.41) is 2.92. The molecule has 0 saturated carbocycles. The van der Waals surface area contributed by atoms with E-state index in [1.165, 1.54) is 5.56 Å². The predicted molar refractivity (Wildman–Crippen MR) is 122 cm³/mol. The van der Waals surface area contributed by atoms with E-state index in [1.807, 2.05) is 49.7 Å². The van der Waals surface area contributed by atoms with Gasteiger partial charge < -0.3 is 20.5 Å². The second-order valence-corrected chi connectivity index (χ2v) is 8.42. The van der Waals surface area contributed by atoms with Gasteiger partial charge in [0, 0.05) is 37.7 Å². The molecule has 0 bridgehead atoms. The monoisotopic (exact) mass is 455 g/mol. The van der Waals surface area contributed by atoms with Gasteiger partial charge in [-0.1, -0.05) is 30.3 Å². The summed E-state index contributed by atoms with van der Waals surface area (Å²) < 4.78 is 1.98. The number of nitrogens with zero attached hydrogens (tertiary/aromatic N) is 3. The highest BCUT2D eigenvalue weighted by Crippen LogP contribution is 2.21. The zero-order valence-corrected chi connectivity index (χ0v) is 19.2. The van der Waals surface area contributed by atoms with Crippen LogP contribution in [-0.2, 0) is 22.6 Å². The Hall–Kier alpha value is -2.09. The molecule has 0 aliphatic carbocycles. The van der Waals surface area contributed by atoms with Crippen LogP contribution in [0, 0.1) is 0 Å². The first-order valence-electron chi connectivity index (χ1n) is 9.63. The Morgan fingerprint density at radius 2 is 1.93 bits per heavy atom. The van der Waals surface area contributed by atoms with Crippen LogP contribution in [-0.4, -0.2) is 50.4 Å². The molecule has 3 rings (SSSR count). The third kappa shape index (κ3) is 6.72. The Kier molecular flexibility index (Phi) is 9.34. The van der Waals surface area contributed by atoms with E-state index in [0.717, 1.165) is 12.2 Å². The largest absolute Gasteiger partial charge is 0.350 e. The molecule has 2 heterocycles. The lowest BCUT2D eigenvalue weighted by molar-refractivity contribution is -0.131. The van der Waals surface area contributed by atoms with Crippen LogP contribution in [0.15, 0.2) is 42.9 Å². The lowest BCUT2D eigenvalue weighted by Crippen LogP contribution is -2.48. The van der Waals surface area contributed by atoms with Crippen molar-refractivity contribution in [1.82, 2.24) is 19.8 Å². The SMILES string of the molecule is CC(C)(C)N1CC(NC(=O)[C@@H](N)Cc2cn(Cc3ccccc3)cn2)CC1=O.Cl.Cl. The quantitative estimate of drug-likeness (QED) is 0.697. The van der Waals surface area contributed by atoms with Gasteiger partial charge in [-0.05, 0) is 26.3 Å². The standard InChI is InChI=1S/C21H29N5O2.2ClH/c1-21(2,3)26-13-17(10-19(26)27)24-20(28)18(22)9-16-12-25(14-23-16)11-15-7-5-4-6-8-15;;/h4-8,12,14,17-18H,9-11,13,22H2,1-3H3,(H,24,28);2*1H/t17?,18-;;/m0../s1. The van der Waals surface area contributed by atoms with Gasteiger partial charge >= 0.3 is 0 Å². The van der Waals surface area contributed by atoms with Gasteiger partial charge in [-0.15, -0.1) is 24.8 Å². The summed E-state index contributed by atoms with van der Waals surface area (Å²) in [6.07, 6.45) is 4.35. The van der Waals surface area contributed by atoms with Crippen LogP contribution in [0.3, 0.4) is 0 Å². The number of amides is 2. The van der Waals surface area contributed by atoms with Gasteiger partial charge in [0.05, 0.1) is 24.1 Å². The van der Waals surface area contributed by atoms with Crippen molar-refractivity contribution >= 4 is 36.6 Å². The number of nitrogens with one attached hydrogen (secondary N) is 1. The van der Waals surface area contributed by atoms with Crippen molar-refractivity contribution in [1.29, 1.82) is 0 Å². The molecule has 1 saturated heterocycles. The zero-order chi connectivity index (χ0) is 20.3. The number of carbonyl (C=O) groups is 2. The van der Waals surface area contributed by atoms with Gasteiger partial charge in [-0.2, -0.15) is 0 Å². The van der Waals surface area contributed by atoms with Crippen molar-refractivity contribution in [3.8, 4) is 0 Å². The van der Waals surface area contributed by atoms with Crippen molar-refractivity contribution in [2.45, 2.75) is 57.8 Å². The number of carbonyl (C=O) groups excluding carboxylic acids is 2. The Morgan fingerprint density at radius 3 is 2.53 bits per heavy atom. The fourth-order valence-corrected chi connectivity index (χ4v) is 3.47. The Morgan fingerprint density at radius 1 is 1.27 bits per heavy atom. The first-order chi connectivity index (χ1) is 13.2. The molecule has 1 aromatic heterocycles. The molecule has 2 aromatic rings. The van der Waals surface area contributed by atoms with Gasteiger partial charge in [0.1, 0.15) is 0 Å². The molecule has 2 atom stereocenters. The highest BCUT2D eigenvalue weighted by atomic mass is 35.5. The van der Waals surface area contributed by atoms with E-state index in [2.05, 4.69) is 22.4 Å². The minimum absolute atomic E-state index is 0. The molecule has 7 nitrogen and oxygen atoms in total. The summed E-state index contributed by atoms with van der Waals surface area (Å²) in [5.74, 6) is -0.183. The molecule has 1 aromatic carbocycles.